The Morgan fingerprint density at radius 1 is 0.621 bits per heavy atom. The highest BCUT2D eigenvalue weighted by Crippen LogP contribution is 2.15. The lowest BCUT2D eigenvalue weighted by molar-refractivity contribution is 0.106. The van der Waals surface area contributed by atoms with E-state index < -0.39 is 0 Å². The Kier molecular flexibility index (Phi) is 22.0. The molecule has 29 heavy (non-hydrogen) atoms. The maximum Gasteiger partial charge on any atom is 0.0445 e. The van der Waals surface area contributed by atoms with Gasteiger partial charge in [0.15, 0.2) is 0 Å². The van der Waals surface area contributed by atoms with Crippen LogP contribution in [-0.2, 0) is 0 Å². The number of hydrogen-bond acceptors (Lipinski definition) is 3. The highest BCUT2D eigenvalue weighted by Gasteiger charge is 2.18. The predicted molar refractivity (Wildman–Crippen MR) is 128 cm³/mol. The lowest BCUT2D eigenvalue weighted by Crippen LogP contribution is -2.41. The second-order valence-corrected chi connectivity index (χ2v) is 8.90. The molecule has 2 atom stereocenters. The molecule has 0 aromatic heterocycles. The third kappa shape index (κ3) is 18.1. The van der Waals surface area contributed by atoms with Crippen LogP contribution in [0.15, 0.2) is 12.2 Å². The average molecular weight is 412 g/mol. The Morgan fingerprint density at radius 2 is 1.03 bits per heavy atom. The van der Waals surface area contributed by atoms with Gasteiger partial charge in [-0.2, -0.15) is 0 Å². The highest BCUT2D eigenvalue weighted by atomic mass is 16.3. The molecular weight excluding hydrogens is 358 g/mol. The minimum absolute atomic E-state index is 0.247. The number of aliphatic hydroxyl groups is 2. The fourth-order valence-electron chi connectivity index (χ4n) is 4.12. The van der Waals surface area contributed by atoms with Gasteiger partial charge in [0, 0.05) is 25.3 Å². The summed E-state index contributed by atoms with van der Waals surface area (Å²) in [7, 11) is 0. The summed E-state index contributed by atoms with van der Waals surface area (Å²) >= 11 is 0. The number of allylic oxidation sites excluding steroid dienone is 2. The first-order chi connectivity index (χ1) is 14.2. The molecule has 0 fully saturated rings. The van der Waals surface area contributed by atoms with Crippen LogP contribution >= 0.6 is 0 Å². The van der Waals surface area contributed by atoms with E-state index in [4.69, 9.17) is 0 Å². The van der Waals surface area contributed by atoms with Crippen molar-refractivity contribution in [1.29, 1.82) is 0 Å². The summed E-state index contributed by atoms with van der Waals surface area (Å²) in [5.41, 5.74) is 0. The Labute approximate surface area is 183 Å². The summed E-state index contributed by atoms with van der Waals surface area (Å²) in [6, 6.07) is 0.786. The summed E-state index contributed by atoms with van der Waals surface area (Å²) in [5.74, 6) is 0. The third-order valence-corrected chi connectivity index (χ3v) is 6.15. The second kappa shape index (κ2) is 22.3. The van der Waals surface area contributed by atoms with Gasteiger partial charge in [-0.25, -0.2) is 0 Å². The van der Waals surface area contributed by atoms with Crippen molar-refractivity contribution < 1.29 is 10.2 Å². The molecule has 0 aliphatic heterocycles. The smallest absolute Gasteiger partial charge is 0.0445 e. The van der Waals surface area contributed by atoms with E-state index in [1.807, 2.05) is 0 Å². The lowest BCUT2D eigenvalue weighted by atomic mass is 10.1. The van der Waals surface area contributed by atoms with Crippen molar-refractivity contribution in [2.24, 2.45) is 0 Å². The molecular formula is C26H53NO2. The van der Waals surface area contributed by atoms with Crippen LogP contribution in [0, 0.1) is 0 Å². The van der Waals surface area contributed by atoms with Crippen LogP contribution in [0.5, 0.6) is 0 Å². The van der Waals surface area contributed by atoms with Crippen molar-refractivity contribution in [2.75, 3.05) is 19.8 Å². The maximum absolute atomic E-state index is 9.23. The van der Waals surface area contributed by atoms with Crippen LogP contribution in [0.1, 0.15) is 124 Å². The molecule has 2 N–H and O–H groups in total. The van der Waals surface area contributed by atoms with Crippen molar-refractivity contribution in [3.8, 4) is 0 Å². The minimum Gasteiger partial charge on any atom is -0.396 e. The molecule has 0 aliphatic carbocycles. The molecule has 0 radical (unpaired) electrons. The number of nitrogens with zero attached hydrogens (tertiary/aromatic N) is 1. The zero-order chi connectivity index (χ0) is 21.6. The van der Waals surface area contributed by atoms with E-state index in [2.05, 4.69) is 37.8 Å². The molecule has 3 heteroatoms. The molecule has 0 rings (SSSR count). The third-order valence-electron chi connectivity index (χ3n) is 6.15. The molecule has 3 nitrogen and oxygen atoms in total. The van der Waals surface area contributed by atoms with Gasteiger partial charge >= 0.3 is 0 Å². The van der Waals surface area contributed by atoms with Gasteiger partial charge in [-0.1, -0.05) is 76.9 Å². The summed E-state index contributed by atoms with van der Waals surface area (Å²) < 4.78 is 0. The molecule has 0 aromatic carbocycles. The monoisotopic (exact) mass is 411 g/mol. The van der Waals surface area contributed by atoms with Crippen LogP contribution in [0.4, 0.5) is 0 Å². The fraction of sp³-hybridized carbons (Fsp3) is 0.923. The Morgan fingerprint density at radius 3 is 1.48 bits per heavy atom. The summed E-state index contributed by atoms with van der Waals surface area (Å²) in [6.07, 6.45) is 25.2. The largest absolute Gasteiger partial charge is 0.396 e. The Hall–Kier alpha value is -0.380. The standard InChI is InChI=1S/C26H53NO2/c1-4-5-6-7-8-9-10-11-12-13-14-15-16-17-18-19-22-27(25(2)20-23-28)26(3)21-24-29/h11-12,25-26,28-29H,4-10,13-24H2,1-3H3/b12-11-. The average Bonchev–Trinajstić information content (AvgIpc) is 2.70. The summed E-state index contributed by atoms with van der Waals surface area (Å²) in [5, 5.41) is 18.5. The van der Waals surface area contributed by atoms with Crippen molar-refractivity contribution in [2.45, 2.75) is 136 Å². The van der Waals surface area contributed by atoms with Crippen LogP contribution in [0.3, 0.4) is 0 Å². The van der Waals surface area contributed by atoms with E-state index >= 15 is 0 Å². The van der Waals surface area contributed by atoms with Crippen molar-refractivity contribution in [3.63, 3.8) is 0 Å². The van der Waals surface area contributed by atoms with Gasteiger partial charge in [0.05, 0.1) is 0 Å². The Balaban J connectivity index is 3.59. The van der Waals surface area contributed by atoms with Crippen molar-refractivity contribution in [1.82, 2.24) is 4.90 Å². The van der Waals surface area contributed by atoms with E-state index in [1.165, 1.54) is 89.9 Å². The zero-order valence-corrected chi connectivity index (χ0v) is 20.1. The van der Waals surface area contributed by atoms with Crippen LogP contribution in [0.2, 0.25) is 0 Å². The van der Waals surface area contributed by atoms with Gasteiger partial charge in [0.25, 0.3) is 0 Å². The predicted octanol–water partition coefficient (Wildman–Crippen LogP) is 6.87. The van der Waals surface area contributed by atoms with Gasteiger partial charge in [-0.3, -0.25) is 4.90 Å². The molecule has 0 aliphatic rings. The van der Waals surface area contributed by atoms with E-state index in [-0.39, 0.29) is 13.2 Å². The number of aliphatic hydroxyl groups excluding tert-OH is 2. The van der Waals surface area contributed by atoms with Crippen molar-refractivity contribution >= 4 is 0 Å². The zero-order valence-electron chi connectivity index (χ0n) is 20.1. The van der Waals surface area contributed by atoms with E-state index in [9.17, 15) is 10.2 Å². The van der Waals surface area contributed by atoms with Gasteiger partial charge in [0.2, 0.25) is 0 Å². The quantitative estimate of drug-likeness (QED) is 0.151. The molecule has 0 saturated heterocycles. The molecule has 0 aromatic rings. The number of rotatable bonds is 22. The van der Waals surface area contributed by atoms with Gasteiger partial charge < -0.3 is 10.2 Å². The second-order valence-electron chi connectivity index (χ2n) is 8.90. The molecule has 0 heterocycles. The van der Waals surface area contributed by atoms with Gasteiger partial charge in [-0.05, 0) is 65.3 Å². The minimum atomic E-state index is 0.247. The van der Waals surface area contributed by atoms with E-state index in [0.717, 1.165) is 19.4 Å². The van der Waals surface area contributed by atoms with Crippen molar-refractivity contribution in [3.05, 3.63) is 12.2 Å². The first kappa shape index (κ1) is 28.6. The van der Waals surface area contributed by atoms with Gasteiger partial charge in [-0.15, -0.1) is 0 Å². The van der Waals surface area contributed by atoms with Gasteiger partial charge in [0.1, 0.15) is 0 Å². The molecule has 0 saturated carbocycles. The molecule has 0 amide bonds. The fourth-order valence-corrected chi connectivity index (χ4v) is 4.12. The van der Waals surface area contributed by atoms with E-state index in [1.54, 1.807) is 0 Å². The first-order valence-corrected chi connectivity index (χ1v) is 12.8. The topological polar surface area (TPSA) is 43.7 Å². The first-order valence-electron chi connectivity index (χ1n) is 12.8. The molecule has 0 spiro atoms. The van der Waals surface area contributed by atoms with Crippen LogP contribution < -0.4 is 0 Å². The molecule has 2 unspecified atom stereocenters. The normalized spacial score (nSPS) is 14.1. The van der Waals surface area contributed by atoms with Crippen LogP contribution in [0.25, 0.3) is 0 Å². The number of hydrogen-bond donors (Lipinski definition) is 2. The molecule has 0 bridgehead atoms. The summed E-state index contributed by atoms with van der Waals surface area (Å²) in [4.78, 5) is 2.47. The maximum atomic E-state index is 9.23. The van der Waals surface area contributed by atoms with Crippen LogP contribution in [-0.4, -0.2) is 47.0 Å². The molecule has 174 valence electrons. The highest BCUT2D eigenvalue weighted by molar-refractivity contribution is 4.81. The Bertz CT molecular complexity index is 334. The number of unbranched alkanes of at least 4 members (excludes halogenated alkanes) is 12. The lowest BCUT2D eigenvalue weighted by Gasteiger charge is -2.34. The van der Waals surface area contributed by atoms with E-state index in [0.29, 0.717) is 12.1 Å². The summed E-state index contributed by atoms with van der Waals surface area (Å²) in [6.45, 7) is 8.25. The SMILES string of the molecule is CCCCCCCC/C=C\CCCCCCCCN(C(C)CCO)C(C)CCO.